The van der Waals surface area contributed by atoms with E-state index in [2.05, 4.69) is 0 Å². The fraction of sp³-hybridized carbons (Fsp3) is 0.909. The third-order valence-electron chi connectivity index (χ3n) is 2.24. The normalized spacial score (nSPS) is 17.4. The van der Waals surface area contributed by atoms with Crippen molar-refractivity contribution in [1.82, 2.24) is 0 Å². The first-order chi connectivity index (χ1) is 7.65. The molecule has 0 aromatic carbocycles. The predicted octanol–water partition coefficient (Wildman–Crippen LogP) is 3.28. The van der Waals surface area contributed by atoms with E-state index in [0.29, 0.717) is 6.42 Å². The van der Waals surface area contributed by atoms with E-state index in [1.807, 2.05) is 6.92 Å². The van der Waals surface area contributed by atoms with Crippen molar-refractivity contribution in [2.24, 2.45) is 5.92 Å². The van der Waals surface area contributed by atoms with Gasteiger partial charge in [-0.2, -0.15) is 13.2 Å². The second kappa shape index (κ2) is 6.83. The Morgan fingerprint density at radius 3 is 2.18 bits per heavy atom. The molecule has 3 nitrogen and oxygen atoms in total. The molecule has 17 heavy (non-hydrogen) atoms. The summed E-state index contributed by atoms with van der Waals surface area (Å²) in [5.41, 5.74) is 0. The SMILES string of the molecule is CCC(C)C(=O)OC(C)OC(C)CC(F)(F)F. The predicted molar refractivity (Wildman–Crippen MR) is 56.2 cm³/mol. The highest BCUT2D eigenvalue weighted by molar-refractivity contribution is 5.71. The first-order valence-electron chi connectivity index (χ1n) is 5.58. The molecule has 0 radical (unpaired) electrons. The highest BCUT2D eigenvalue weighted by Gasteiger charge is 2.31. The molecule has 0 bridgehead atoms. The summed E-state index contributed by atoms with van der Waals surface area (Å²) in [6.07, 6.45) is -6.72. The average Bonchev–Trinajstić information content (AvgIpc) is 2.12. The number of ether oxygens (including phenoxy) is 2. The van der Waals surface area contributed by atoms with E-state index in [-0.39, 0.29) is 5.92 Å². The Balaban J connectivity index is 4.01. The van der Waals surface area contributed by atoms with E-state index in [4.69, 9.17) is 9.47 Å². The average molecular weight is 256 g/mol. The second-order valence-electron chi connectivity index (χ2n) is 4.08. The van der Waals surface area contributed by atoms with E-state index in [1.54, 1.807) is 6.92 Å². The molecule has 0 rings (SSSR count). The fourth-order valence-electron chi connectivity index (χ4n) is 1.18. The Morgan fingerprint density at radius 1 is 1.24 bits per heavy atom. The Bertz CT molecular complexity index is 241. The molecule has 0 aliphatic carbocycles. The van der Waals surface area contributed by atoms with Crippen LogP contribution in [0.4, 0.5) is 13.2 Å². The zero-order valence-electron chi connectivity index (χ0n) is 10.5. The Morgan fingerprint density at radius 2 is 1.76 bits per heavy atom. The van der Waals surface area contributed by atoms with Crippen molar-refractivity contribution in [3.63, 3.8) is 0 Å². The lowest BCUT2D eigenvalue weighted by atomic mass is 10.1. The molecule has 0 aromatic rings. The topological polar surface area (TPSA) is 35.5 Å². The van der Waals surface area contributed by atoms with E-state index in [0.717, 1.165) is 0 Å². The quantitative estimate of drug-likeness (QED) is 0.540. The van der Waals surface area contributed by atoms with E-state index in [9.17, 15) is 18.0 Å². The van der Waals surface area contributed by atoms with Crippen molar-refractivity contribution in [2.45, 2.75) is 59.1 Å². The number of carbonyl (C=O) groups excluding carboxylic acids is 1. The lowest BCUT2D eigenvalue weighted by molar-refractivity contribution is -0.206. The third-order valence-corrected chi connectivity index (χ3v) is 2.24. The van der Waals surface area contributed by atoms with Gasteiger partial charge in [0.15, 0.2) is 6.29 Å². The van der Waals surface area contributed by atoms with Crippen LogP contribution in [-0.2, 0) is 14.3 Å². The monoisotopic (exact) mass is 256 g/mol. The lowest BCUT2D eigenvalue weighted by Gasteiger charge is -2.21. The largest absolute Gasteiger partial charge is 0.436 e. The number of rotatable bonds is 6. The molecule has 3 atom stereocenters. The molecule has 6 heteroatoms. The summed E-state index contributed by atoms with van der Waals surface area (Å²) in [6, 6.07) is 0. The van der Waals surface area contributed by atoms with Crippen molar-refractivity contribution in [3.05, 3.63) is 0 Å². The van der Waals surface area contributed by atoms with Crippen LogP contribution in [0.3, 0.4) is 0 Å². The summed E-state index contributed by atoms with van der Waals surface area (Å²) in [5, 5.41) is 0. The molecule has 0 N–H and O–H groups in total. The summed E-state index contributed by atoms with van der Waals surface area (Å²) in [5.74, 6) is -0.738. The maximum Gasteiger partial charge on any atom is 0.391 e. The van der Waals surface area contributed by atoms with Crippen LogP contribution >= 0.6 is 0 Å². The van der Waals surface area contributed by atoms with Crippen molar-refractivity contribution in [3.8, 4) is 0 Å². The Hall–Kier alpha value is -0.780. The van der Waals surface area contributed by atoms with Gasteiger partial charge >= 0.3 is 12.1 Å². The molecule has 0 heterocycles. The molecule has 0 saturated carbocycles. The van der Waals surface area contributed by atoms with E-state index < -0.39 is 31.0 Å². The minimum atomic E-state index is -4.28. The van der Waals surface area contributed by atoms with Gasteiger partial charge in [0, 0.05) is 0 Å². The van der Waals surface area contributed by atoms with Gasteiger partial charge in [-0.25, -0.2) is 0 Å². The van der Waals surface area contributed by atoms with Gasteiger partial charge < -0.3 is 9.47 Å². The molecule has 0 saturated heterocycles. The number of hydrogen-bond donors (Lipinski definition) is 0. The van der Waals surface area contributed by atoms with Crippen LogP contribution in [0.1, 0.15) is 40.5 Å². The van der Waals surface area contributed by atoms with E-state index >= 15 is 0 Å². The molecule has 0 spiro atoms. The molecule has 102 valence electrons. The van der Waals surface area contributed by atoms with Crippen LogP contribution in [-0.4, -0.2) is 24.5 Å². The van der Waals surface area contributed by atoms with Crippen LogP contribution in [0.25, 0.3) is 0 Å². The van der Waals surface area contributed by atoms with Gasteiger partial charge in [0.25, 0.3) is 0 Å². The van der Waals surface area contributed by atoms with Crippen molar-refractivity contribution in [2.75, 3.05) is 0 Å². The summed E-state index contributed by atoms with van der Waals surface area (Å²) < 4.78 is 45.8. The molecule has 0 fully saturated rings. The van der Waals surface area contributed by atoms with Crippen molar-refractivity contribution in [1.29, 1.82) is 0 Å². The number of hydrogen-bond acceptors (Lipinski definition) is 3. The van der Waals surface area contributed by atoms with Gasteiger partial charge in [-0.05, 0) is 20.3 Å². The summed E-state index contributed by atoms with van der Waals surface area (Å²) in [6.45, 7) is 6.21. The Labute approximate surface area is 99.3 Å². The highest BCUT2D eigenvalue weighted by Crippen LogP contribution is 2.23. The number of halogens is 3. The molecule has 0 amide bonds. The summed E-state index contributed by atoms with van der Waals surface area (Å²) in [4.78, 5) is 11.3. The molecule has 0 aliphatic heterocycles. The number of alkyl halides is 3. The van der Waals surface area contributed by atoms with Crippen LogP contribution < -0.4 is 0 Å². The summed E-state index contributed by atoms with van der Waals surface area (Å²) in [7, 11) is 0. The minimum absolute atomic E-state index is 0.279. The second-order valence-corrected chi connectivity index (χ2v) is 4.08. The smallest absolute Gasteiger partial charge is 0.391 e. The third kappa shape index (κ3) is 8.01. The van der Waals surface area contributed by atoms with Gasteiger partial charge in [-0.1, -0.05) is 13.8 Å². The molecular formula is C11H19F3O3. The first-order valence-corrected chi connectivity index (χ1v) is 5.58. The molecule has 0 aromatic heterocycles. The number of carbonyl (C=O) groups is 1. The standard InChI is InChI=1S/C11H19F3O3/c1-5-7(2)10(15)17-9(4)16-8(3)6-11(12,13)14/h7-9H,5-6H2,1-4H3. The molecular weight excluding hydrogens is 237 g/mol. The minimum Gasteiger partial charge on any atom is -0.436 e. The van der Waals surface area contributed by atoms with Crippen molar-refractivity contribution >= 4 is 5.97 Å². The maximum absolute atomic E-state index is 12.0. The van der Waals surface area contributed by atoms with Crippen LogP contribution in [0, 0.1) is 5.92 Å². The summed E-state index contributed by atoms with van der Waals surface area (Å²) >= 11 is 0. The lowest BCUT2D eigenvalue weighted by Crippen LogP contribution is -2.28. The van der Waals surface area contributed by atoms with Crippen LogP contribution in [0.15, 0.2) is 0 Å². The maximum atomic E-state index is 12.0. The van der Waals surface area contributed by atoms with Crippen LogP contribution in [0.5, 0.6) is 0 Å². The van der Waals surface area contributed by atoms with Crippen molar-refractivity contribution < 1.29 is 27.4 Å². The molecule has 3 unspecified atom stereocenters. The molecule has 0 aliphatic rings. The van der Waals surface area contributed by atoms with Gasteiger partial charge in [-0.15, -0.1) is 0 Å². The van der Waals surface area contributed by atoms with Gasteiger partial charge in [-0.3, -0.25) is 4.79 Å². The van der Waals surface area contributed by atoms with Gasteiger partial charge in [0.05, 0.1) is 18.4 Å². The van der Waals surface area contributed by atoms with Gasteiger partial charge in [0.1, 0.15) is 0 Å². The Kier molecular flexibility index (Phi) is 6.52. The first kappa shape index (κ1) is 16.2. The number of esters is 1. The zero-order valence-corrected chi connectivity index (χ0v) is 10.5. The van der Waals surface area contributed by atoms with Gasteiger partial charge in [0.2, 0.25) is 0 Å². The highest BCUT2D eigenvalue weighted by atomic mass is 19.4. The van der Waals surface area contributed by atoms with Crippen LogP contribution in [0.2, 0.25) is 0 Å². The fourth-order valence-corrected chi connectivity index (χ4v) is 1.18. The van der Waals surface area contributed by atoms with E-state index in [1.165, 1.54) is 13.8 Å². The zero-order chi connectivity index (χ0) is 13.6.